The van der Waals surface area contributed by atoms with Gasteiger partial charge in [-0.05, 0) is 68.3 Å². The first-order chi connectivity index (χ1) is 16.6. The highest BCUT2D eigenvalue weighted by atomic mass is 35.5. The molecule has 7 nitrogen and oxygen atoms in total. The smallest absolute Gasteiger partial charge is 0.318 e. The lowest BCUT2D eigenvalue weighted by molar-refractivity contribution is -0.133. The summed E-state index contributed by atoms with van der Waals surface area (Å²) >= 11 is 6.09. The average molecular weight is 493 g/mol. The Balaban J connectivity index is 1.65. The molecular weight excluding hydrogens is 471 g/mol. The van der Waals surface area contributed by atoms with Gasteiger partial charge in [0.2, 0.25) is 0 Å². The van der Waals surface area contributed by atoms with Crippen LogP contribution in [0.1, 0.15) is 27.2 Å². The number of carbonyl (C=O) groups excluding carboxylic acids is 3. The van der Waals surface area contributed by atoms with Crippen LogP contribution in [0.15, 0.2) is 60.7 Å². The molecule has 0 spiro atoms. The topological polar surface area (TPSA) is 92.2 Å². The van der Waals surface area contributed by atoms with E-state index >= 15 is 0 Å². The summed E-state index contributed by atoms with van der Waals surface area (Å²) in [6.07, 6.45) is 0. The Morgan fingerprint density at radius 2 is 1.54 bits per heavy atom. The normalized spacial score (nSPS) is 10.8. The van der Waals surface area contributed by atoms with Gasteiger partial charge in [0.1, 0.15) is 11.5 Å². The molecule has 0 fully saturated rings. The van der Waals surface area contributed by atoms with E-state index in [9.17, 15) is 18.8 Å². The van der Waals surface area contributed by atoms with Gasteiger partial charge in [0.25, 0.3) is 5.91 Å². The van der Waals surface area contributed by atoms with Gasteiger partial charge in [-0.15, -0.1) is 0 Å². The van der Waals surface area contributed by atoms with Crippen LogP contribution in [0, 0.1) is 26.6 Å². The molecule has 0 bridgehead atoms. The lowest BCUT2D eigenvalue weighted by Gasteiger charge is -2.15. The lowest BCUT2D eigenvalue weighted by atomic mass is 10.1. The Morgan fingerprint density at radius 1 is 0.857 bits per heavy atom. The van der Waals surface area contributed by atoms with E-state index in [4.69, 9.17) is 11.6 Å². The lowest BCUT2D eigenvalue weighted by Crippen LogP contribution is -2.36. The van der Waals surface area contributed by atoms with Crippen LogP contribution in [-0.2, 0) is 9.59 Å². The molecule has 3 aromatic carbocycles. The zero-order chi connectivity index (χ0) is 25.3. The molecule has 0 unspecified atom stereocenters. The third-order valence-electron chi connectivity index (χ3n) is 5.45. The summed E-state index contributed by atoms with van der Waals surface area (Å²) in [6.45, 7) is 5.61. The molecule has 0 atom stereocenters. The zero-order valence-corrected chi connectivity index (χ0v) is 20.0. The molecule has 4 aromatic rings. The maximum absolute atomic E-state index is 14.1. The number of benzene rings is 3. The highest BCUT2D eigenvalue weighted by molar-refractivity contribution is 6.42. The monoisotopic (exact) mass is 492 g/mol. The van der Waals surface area contributed by atoms with Gasteiger partial charge in [0.05, 0.1) is 11.2 Å². The fourth-order valence-corrected chi connectivity index (χ4v) is 4.10. The van der Waals surface area contributed by atoms with E-state index in [0.717, 1.165) is 16.7 Å². The van der Waals surface area contributed by atoms with Crippen molar-refractivity contribution < 1.29 is 18.8 Å². The summed E-state index contributed by atoms with van der Waals surface area (Å²) in [5.74, 6) is -3.19. The maximum atomic E-state index is 14.1. The molecule has 0 aliphatic heterocycles. The summed E-state index contributed by atoms with van der Waals surface area (Å²) in [5, 5.41) is 6.09. The Labute approximate surface area is 205 Å². The van der Waals surface area contributed by atoms with Crippen molar-refractivity contribution in [2.24, 2.45) is 0 Å². The highest BCUT2D eigenvalue weighted by Gasteiger charge is 2.22. The van der Waals surface area contributed by atoms with E-state index in [1.165, 1.54) is 28.9 Å². The van der Waals surface area contributed by atoms with E-state index in [1.807, 2.05) is 32.9 Å². The van der Waals surface area contributed by atoms with Crippen molar-refractivity contribution in [3.63, 3.8) is 0 Å². The summed E-state index contributed by atoms with van der Waals surface area (Å²) in [4.78, 5) is 38.6. The second-order valence-corrected chi connectivity index (χ2v) is 8.61. The molecule has 9 heteroatoms. The fraction of sp³-hybridized carbons (Fsp3) is 0.115. The molecule has 1 heterocycles. The summed E-state index contributed by atoms with van der Waals surface area (Å²) in [5.41, 5.74) is 6.06. The molecule has 0 radical (unpaired) electrons. The van der Waals surface area contributed by atoms with Crippen LogP contribution in [0.25, 0.3) is 10.9 Å². The van der Waals surface area contributed by atoms with Crippen LogP contribution in [0.4, 0.5) is 15.8 Å². The van der Waals surface area contributed by atoms with E-state index in [1.54, 1.807) is 24.3 Å². The second-order valence-electron chi connectivity index (χ2n) is 8.17. The number of hydrogen-bond donors (Lipinski definition) is 3. The summed E-state index contributed by atoms with van der Waals surface area (Å²) in [6, 6.07) is 15.8. The number of anilines is 2. The van der Waals surface area contributed by atoms with Crippen molar-refractivity contribution in [2.45, 2.75) is 20.8 Å². The molecule has 178 valence electrons. The zero-order valence-electron chi connectivity index (χ0n) is 19.2. The van der Waals surface area contributed by atoms with Crippen molar-refractivity contribution in [2.75, 3.05) is 16.1 Å². The molecule has 3 N–H and O–H groups in total. The van der Waals surface area contributed by atoms with Gasteiger partial charge >= 0.3 is 11.8 Å². The molecule has 4 rings (SSSR count). The number of aromatic nitrogens is 1. The third-order valence-corrected chi connectivity index (χ3v) is 5.69. The second kappa shape index (κ2) is 9.60. The van der Waals surface area contributed by atoms with E-state index in [2.05, 4.69) is 16.1 Å². The molecule has 0 saturated carbocycles. The first kappa shape index (κ1) is 24.0. The summed E-state index contributed by atoms with van der Waals surface area (Å²) in [7, 11) is 0. The van der Waals surface area contributed by atoms with Gasteiger partial charge < -0.3 is 10.6 Å². The molecule has 35 heavy (non-hydrogen) atoms. The predicted octanol–water partition coefficient (Wildman–Crippen LogP) is 5.32. The highest BCUT2D eigenvalue weighted by Crippen LogP contribution is 2.25. The van der Waals surface area contributed by atoms with Crippen molar-refractivity contribution in [3.05, 3.63) is 93.9 Å². The Hall–Kier alpha value is -4.17. The number of halogens is 2. The molecule has 1 aromatic heterocycles. The molecule has 0 aliphatic carbocycles. The largest absolute Gasteiger partial charge is 0.328 e. The standard InChI is InChI=1S/C26H22ClFN4O3/c1-14-10-15(2)23(16(3)11-14)30-25(34)26(35)31-32-21-9-8-18(27)12-17(21)13-22(32)24(33)29-20-7-5-4-6-19(20)28/h4-13H,1-3H3,(H,29,33)(H,30,34)(H,31,35). The SMILES string of the molecule is Cc1cc(C)c(NC(=O)C(=O)Nn2c(C(=O)Nc3ccccc3F)cc3cc(Cl)ccc32)c(C)c1. The average Bonchev–Trinajstić information content (AvgIpc) is 3.14. The third kappa shape index (κ3) is 5.02. The van der Waals surface area contributed by atoms with Gasteiger partial charge in [0, 0.05) is 16.1 Å². The molecular formula is C26H22ClFN4O3. The minimum Gasteiger partial charge on any atom is -0.318 e. The number of carbonyl (C=O) groups is 3. The van der Waals surface area contributed by atoms with Gasteiger partial charge in [-0.25, -0.2) is 9.07 Å². The van der Waals surface area contributed by atoms with Gasteiger partial charge in [-0.2, -0.15) is 0 Å². The predicted molar refractivity (Wildman–Crippen MR) is 135 cm³/mol. The number of nitrogens with zero attached hydrogens (tertiary/aromatic N) is 1. The Kier molecular flexibility index (Phi) is 6.57. The van der Waals surface area contributed by atoms with Crippen molar-refractivity contribution in [3.8, 4) is 0 Å². The van der Waals surface area contributed by atoms with Crippen LogP contribution < -0.4 is 16.1 Å². The van der Waals surface area contributed by atoms with Crippen LogP contribution in [0.2, 0.25) is 5.02 Å². The Morgan fingerprint density at radius 3 is 2.23 bits per heavy atom. The van der Waals surface area contributed by atoms with Crippen LogP contribution in [0.5, 0.6) is 0 Å². The molecule has 0 aliphatic rings. The summed E-state index contributed by atoms with van der Waals surface area (Å²) < 4.78 is 15.3. The number of rotatable bonds is 4. The number of nitrogens with one attached hydrogen (secondary N) is 3. The number of hydrogen-bond acceptors (Lipinski definition) is 3. The molecule has 0 saturated heterocycles. The number of aryl methyl sites for hydroxylation is 3. The first-order valence-corrected chi connectivity index (χ1v) is 11.1. The quantitative estimate of drug-likeness (QED) is 0.337. The minimum absolute atomic E-state index is 0.0191. The van der Waals surface area contributed by atoms with Crippen molar-refractivity contribution in [1.29, 1.82) is 0 Å². The fourth-order valence-electron chi connectivity index (χ4n) is 3.92. The Bertz CT molecular complexity index is 1470. The van der Waals surface area contributed by atoms with E-state index in [-0.39, 0.29) is 11.4 Å². The van der Waals surface area contributed by atoms with E-state index in [0.29, 0.717) is 21.6 Å². The van der Waals surface area contributed by atoms with Crippen LogP contribution in [0.3, 0.4) is 0 Å². The van der Waals surface area contributed by atoms with Crippen LogP contribution in [-0.4, -0.2) is 22.4 Å². The number of para-hydroxylation sites is 1. The van der Waals surface area contributed by atoms with Gasteiger partial charge in [-0.1, -0.05) is 41.4 Å². The van der Waals surface area contributed by atoms with Crippen molar-refractivity contribution in [1.82, 2.24) is 4.68 Å². The minimum atomic E-state index is -0.989. The van der Waals surface area contributed by atoms with E-state index < -0.39 is 23.5 Å². The van der Waals surface area contributed by atoms with Crippen molar-refractivity contribution >= 4 is 51.6 Å². The van der Waals surface area contributed by atoms with Crippen LogP contribution >= 0.6 is 11.6 Å². The number of amides is 3. The first-order valence-electron chi connectivity index (χ1n) is 10.7. The van der Waals surface area contributed by atoms with Gasteiger partial charge in [-0.3, -0.25) is 19.8 Å². The molecule has 3 amide bonds. The van der Waals surface area contributed by atoms with Gasteiger partial charge in [0.15, 0.2) is 0 Å². The maximum Gasteiger partial charge on any atom is 0.328 e. The number of fused-ring (bicyclic) bond motifs is 1.